The molecule has 0 bridgehead atoms. The van der Waals surface area contributed by atoms with Crippen LogP contribution in [0.4, 0.5) is 10.1 Å². The van der Waals surface area contributed by atoms with Crippen molar-refractivity contribution in [1.82, 2.24) is 5.32 Å². The third kappa shape index (κ3) is 3.22. The van der Waals surface area contributed by atoms with Gasteiger partial charge in [-0.2, -0.15) is 0 Å². The van der Waals surface area contributed by atoms with Crippen molar-refractivity contribution in [3.63, 3.8) is 0 Å². The third-order valence-corrected chi connectivity index (χ3v) is 3.56. The van der Waals surface area contributed by atoms with E-state index < -0.39 is 0 Å². The molecular formula is C15H23FN2. The molecule has 0 spiro atoms. The lowest BCUT2D eigenvalue weighted by Gasteiger charge is -2.34. The summed E-state index contributed by atoms with van der Waals surface area (Å²) in [6.07, 6.45) is 0. The molecule has 3 heteroatoms. The van der Waals surface area contributed by atoms with Gasteiger partial charge in [-0.05, 0) is 49.5 Å². The number of aryl methyl sites for hydroxylation is 1. The summed E-state index contributed by atoms with van der Waals surface area (Å²) in [6.45, 7) is 10.6. The predicted molar refractivity (Wildman–Crippen MR) is 74.5 cm³/mol. The summed E-state index contributed by atoms with van der Waals surface area (Å²) >= 11 is 0. The summed E-state index contributed by atoms with van der Waals surface area (Å²) in [6, 6.07) is 5.08. The lowest BCUT2D eigenvalue weighted by atomic mass is 10.0. The predicted octanol–water partition coefficient (Wildman–Crippen LogP) is 2.82. The fraction of sp³-hybridized carbons (Fsp3) is 0.600. The normalized spacial score (nSPS) is 25.7. The van der Waals surface area contributed by atoms with Crippen LogP contribution >= 0.6 is 0 Å². The van der Waals surface area contributed by atoms with Crippen molar-refractivity contribution in [2.45, 2.75) is 20.8 Å². The maximum Gasteiger partial charge on any atom is 0.125 e. The maximum absolute atomic E-state index is 13.4. The fourth-order valence-corrected chi connectivity index (χ4v) is 2.65. The second kappa shape index (κ2) is 5.70. The number of anilines is 1. The van der Waals surface area contributed by atoms with Crippen LogP contribution in [0.5, 0.6) is 0 Å². The minimum absolute atomic E-state index is 0.143. The smallest absolute Gasteiger partial charge is 0.125 e. The maximum atomic E-state index is 13.4. The van der Waals surface area contributed by atoms with E-state index in [0.29, 0.717) is 11.8 Å². The monoisotopic (exact) mass is 250 g/mol. The van der Waals surface area contributed by atoms with Crippen LogP contribution in [0.1, 0.15) is 19.4 Å². The zero-order chi connectivity index (χ0) is 13.1. The van der Waals surface area contributed by atoms with Crippen LogP contribution in [-0.2, 0) is 0 Å². The average molecular weight is 250 g/mol. The highest BCUT2D eigenvalue weighted by Crippen LogP contribution is 2.24. The molecule has 2 unspecified atom stereocenters. The molecule has 2 rings (SSSR count). The minimum Gasteiger partial charge on any atom is -0.371 e. The van der Waals surface area contributed by atoms with Crippen molar-refractivity contribution in [2.24, 2.45) is 11.8 Å². The molecule has 1 heterocycles. The quantitative estimate of drug-likeness (QED) is 0.824. The first-order chi connectivity index (χ1) is 8.56. The Morgan fingerprint density at radius 2 is 1.78 bits per heavy atom. The van der Waals surface area contributed by atoms with E-state index in [4.69, 9.17) is 0 Å². The minimum atomic E-state index is -0.143. The summed E-state index contributed by atoms with van der Waals surface area (Å²) in [5, 5.41) is 3.48. The van der Waals surface area contributed by atoms with Gasteiger partial charge in [0, 0.05) is 18.8 Å². The van der Waals surface area contributed by atoms with Gasteiger partial charge in [-0.3, -0.25) is 0 Å². The van der Waals surface area contributed by atoms with Crippen molar-refractivity contribution in [3.05, 3.63) is 29.6 Å². The van der Waals surface area contributed by atoms with Crippen LogP contribution in [0, 0.1) is 24.6 Å². The fourth-order valence-electron chi connectivity index (χ4n) is 2.65. The van der Waals surface area contributed by atoms with Crippen LogP contribution in [0.15, 0.2) is 18.2 Å². The summed E-state index contributed by atoms with van der Waals surface area (Å²) in [5.74, 6) is 1.02. The Morgan fingerprint density at radius 3 is 2.39 bits per heavy atom. The standard InChI is InChI=1S/C15H23FN2/c1-11-7-17-8-12(2)10-18(9-11)15-6-14(16)5-4-13(15)3/h4-6,11-12,17H,7-10H2,1-3H3. The summed E-state index contributed by atoms with van der Waals surface area (Å²) < 4.78 is 13.4. The topological polar surface area (TPSA) is 15.3 Å². The van der Waals surface area contributed by atoms with E-state index in [9.17, 15) is 4.39 Å². The van der Waals surface area contributed by atoms with Crippen molar-refractivity contribution in [3.8, 4) is 0 Å². The van der Waals surface area contributed by atoms with E-state index in [-0.39, 0.29) is 5.82 Å². The van der Waals surface area contributed by atoms with Gasteiger partial charge in [-0.1, -0.05) is 19.9 Å². The van der Waals surface area contributed by atoms with E-state index in [0.717, 1.165) is 37.4 Å². The van der Waals surface area contributed by atoms with Crippen molar-refractivity contribution in [1.29, 1.82) is 0 Å². The molecule has 1 aromatic carbocycles. The Morgan fingerprint density at radius 1 is 1.17 bits per heavy atom. The Kier molecular flexibility index (Phi) is 4.23. The van der Waals surface area contributed by atoms with Crippen molar-refractivity contribution < 1.29 is 4.39 Å². The van der Waals surface area contributed by atoms with Crippen LogP contribution < -0.4 is 10.2 Å². The molecular weight excluding hydrogens is 227 g/mol. The molecule has 1 aromatic rings. The highest BCUT2D eigenvalue weighted by molar-refractivity contribution is 5.53. The van der Waals surface area contributed by atoms with E-state index in [1.165, 1.54) is 6.07 Å². The molecule has 1 aliphatic rings. The number of rotatable bonds is 1. The molecule has 1 saturated heterocycles. The van der Waals surface area contributed by atoms with E-state index in [1.54, 1.807) is 6.07 Å². The molecule has 1 fully saturated rings. The van der Waals surface area contributed by atoms with Gasteiger partial charge in [-0.15, -0.1) is 0 Å². The Balaban J connectivity index is 2.24. The Labute approximate surface area is 109 Å². The Hall–Kier alpha value is -1.09. The van der Waals surface area contributed by atoms with Gasteiger partial charge >= 0.3 is 0 Å². The number of hydrogen-bond donors (Lipinski definition) is 1. The van der Waals surface area contributed by atoms with Gasteiger partial charge in [0.15, 0.2) is 0 Å². The molecule has 2 atom stereocenters. The van der Waals surface area contributed by atoms with Gasteiger partial charge in [0.2, 0.25) is 0 Å². The van der Waals surface area contributed by atoms with Gasteiger partial charge in [0.25, 0.3) is 0 Å². The second-order valence-corrected chi connectivity index (χ2v) is 5.70. The summed E-state index contributed by atoms with van der Waals surface area (Å²) in [4.78, 5) is 2.34. The number of halogens is 1. The molecule has 0 radical (unpaired) electrons. The lowest BCUT2D eigenvalue weighted by molar-refractivity contribution is 0.410. The van der Waals surface area contributed by atoms with Gasteiger partial charge in [-0.25, -0.2) is 4.39 Å². The second-order valence-electron chi connectivity index (χ2n) is 5.70. The highest BCUT2D eigenvalue weighted by Gasteiger charge is 2.19. The lowest BCUT2D eigenvalue weighted by Crippen LogP contribution is -2.43. The largest absolute Gasteiger partial charge is 0.371 e. The van der Waals surface area contributed by atoms with E-state index in [1.807, 2.05) is 6.07 Å². The van der Waals surface area contributed by atoms with Crippen molar-refractivity contribution >= 4 is 5.69 Å². The van der Waals surface area contributed by atoms with Crippen LogP contribution in [0.3, 0.4) is 0 Å². The summed E-state index contributed by atoms with van der Waals surface area (Å²) in [5.41, 5.74) is 2.21. The van der Waals surface area contributed by atoms with Gasteiger partial charge in [0.1, 0.15) is 5.82 Å². The third-order valence-electron chi connectivity index (χ3n) is 3.56. The molecule has 0 aromatic heterocycles. The molecule has 0 saturated carbocycles. The number of nitrogens with one attached hydrogen (secondary N) is 1. The molecule has 100 valence electrons. The molecule has 2 nitrogen and oxygen atoms in total. The number of hydrogen-bond acceptors (Lipinski definition) is 2. The van der Waals surface area contributed by atoms with Crippen LogP contribution in [0.2, 0.25) is 0 Å². The molecule has 0 aliphatic carbocycles. The number of nitrogens with zero attached hydrogens (tertiary/aromatic N) is 1. The van der Waals surface area contributed by atoms with Gasteiger partial charge in [0.05, 0.1) is 0 Å². The van der Waals surface area contributed by atoms with Crippen molar-refractivity contribution in [2.75, 3.05) is 31.1 Å². The summed E-state index contributed by atoms with van der Waals surface area (Å²) in [7, 11) is 0. The molecule has 18 heavy (non-hydrogen) atoms. The zero-order valence-corrected chi connectivity index (χ0v) is 11.5. The average Bonchev–Trinajstić information content (AvgIpc) is 2.29. The van der Waals surface area contributed by atoms with Crippen LogP contribution in [-0.4, -0.2) is 26.2 Å². The highest BCUT2D eigenvalue weighted by atomic mass is 19.1. The van der Waals surface area contributed by atoms with E-state index in [2.05, 4.69) is 31.0 Å². The number of benzene rings is 1. The molecule has 0 amide bonds. The van der Waals surface area contributed by atoms with Crippen LogP contribution in [0.25, 0.3) is 0 Å². The van der Waals surface area contributed by atoms with Gasteiger partial charge < -0.3 is 10.2 Å². The van der Waals surface area contributed by atoms with E-state index >= 15 is 0 Å². The first-order valence-electron chi connectivity index (χ1n) is 6.78. The first-order valence-corrected chi connectivity index (χ1v) is 6.78. The zero-order valence-electron chi connectivity index (χ0n) is 11.5. The molecule has 1 N–H and O–H groups in total. The first kappa shape index (κ1) is 13.3. The molecule has 1 aliphatic heterocycles. The Bertz CT molecular complexity index is 393. The SMILES string of the molecule is Cc1ccc(F)cc1N1CC(C)CNCC(C)C1.